The van der Waals surface area contributed by atoms with Crippen LogP contribution in [-0.4, -0.2) is 42.9 Å². The van der Waals surface area contributed by atoms with Crippen LogP contribution in [0.4, 0.5) is 0 Å². The molecule has 0 unspecified atom stereocenters. The zero-order chi connectivity index (χ0) is 17.7. The van der Waals surface area contributed by atoms with Gasteiger partial charge in [0.05, 0.1) is 24.8 Å². The van der Waals surface area contributed by atoms with E-state index in [0.717, 1.165) is 5.56 Å². The van der Waals surface area contributed by atoms with Crippen molar-refractivity contribution in [3.63, 3.8) is 0 Å². The van der Waals surface area contributed by atoms with E-state index in [0.29, 0.717) is 0 Å². The highest BCUT2D eigenvalue weighted by atomic mass is 16.5. The average molecular weight is 329 g/mol. The van der Waals surface area contributed by atoms with Crippen LogP contribution in [0.1, 0.15) is 37.8 Å². The molecule has 24 heavy (non-hydrogen) atoms. The number of phenols is 1. The van der Waals surface area contributed by atoms with Gasteiger partial charge in [-0.3, -0.25) is 4.79 Å². The maximum Gasteiger partial charge on any atom is 0.337 e. The van der Waals surface area contributed by atoms with Gasteiger partial charge in [-0.25, -0.2) is 4.79 Å². The van der Waals surface area contributed by atoms with Gasteiger partial charge in [-0.05, 0) is 17.7 Å². The number of carbonyl (C=O) groups excluding carboxylic acids is 2. The quantitative estimate of drug-likeness (QED) is 0.725. The number of hydrogen-bond acceptors (Lipinski definition) is 5. The summed E-state index contributed by atoms with van der Waals surface area (Å²) in [4.78, 5) is 23.9. The van der Waals surface area contributed by atoms with Gasteiger partial charge in [-0.1, -0.05) is 30.3 Å². The number of esters is 1. The van der Waals surface area contributed by atoms with Crippen molar-refractivity contribution in [3.8, 4) is 5.75 Å². The summed E-state index contributed by atoms with van der Waals surface area (Å²) in [7, 11) is 2.65. The van der Waals surface area contributed by atoms with E-state index in [-0.39, 0.29) is 29.0 Å². The highest BCUT2D eigenvalue weighted by Crippen LogP contribution is 2.35. The van der Waals surface area contributed by atoms with Crippen LogP contribution in [0.15, 0.2) is 42.5 Å². The van der Waals surface area contributed by atoms with Gasteiger partial charge in [0.25, 0.3) is 5.91 Å². The second kappa shape index (κ2) is 7.61. The molecule has 0 aliphatic carbocycles. The normalized spacial score (nSPS) is 11.6. The third kappa shape index (κ3) is 3.38. The van der Waals surface area contributed by atoms with Crippen LogP contribution >= 0.6 is 0 Å². The van der Waals surface area contributed by atoms with E-state index >= 15 is 0 Å². The zero-order valence-corrected chi connectivity index (χ0v) is 13.4. The molecule has 2 aromatic carbocycles. The molecule has 0 aliphatic heterocycles. The van der Waals surface area contributed by atoms with Crippen molar-refractivity contribution >= 4 is 11.9 Å². The number of carbonyl (C=O) groups is 2. The standard InChI is InChI=1S/C18H19NO5/c1-19-17(22)14-9-12(18(23)24-2)8-13(16(14)21)15(10-20)11-6-4-3-5-7-11/h3-9,15,20-21H,10H2,1-2H3,(H,19,22)/t15-/m1/s1. The predicted molar refractivity (Wildman–Crippen MR) is 88.2 cm³/mol. The van der Waals surface area contributed by atoms with Crippen LogP contribution in [0.2, 0.25) is 0 Å². The third-order valence-electron chi connectivity index (χ3n) is 3.79. The monoisotopic (exact) mass is 329 g/mol. The van der Waals surface area contributed by atoms with Crippen molar-refractivity contribution < 1.29 is 24.5 Å². The van der Waals surface area contributed by atoms with Gasteiger partial charge >= 0.3 is 5.97 Å². The summed E-state index contributed by atoms with van der Waals surface area (Å²) in [6.45, 7) is -0.296. The lowest BCUT2D eigenvalue weighted by atomic mass is 9.88. The van der Waals surface area contributed by atoms with Crippen LogP contribution in [0.25, 0.3) is 0 Å². The van der Waals surface area contributed by atoms with Gasteiger partial charge < -0.3 is 20.3 Å². The first-order valence-corrected chi connectivity index (χ1v) is 7.36. The molecule has 0 aliphatic rings. The second-order valence-corrected chi connectivity index (χ2v) is 5.18. The van der Waals surface area contributed by atoms with Gasteiger partial charge in [0, 0.05) is 18.5 Å². The lowest BCUT2D eigenvalue weighted by Gasteiger charge is -2.19. The molecule has 0 fully saturated rings. The summed E-state index contributed by atoms with van der Waals surface area (Å²) in [6.07, 6.45) is 0. The Hall–Kier alpha value is -2.86. The highest BCUT2D eigenvalue weighted by Gasteiger charge is 2.24. The number of hydrogen-bond donors (Lipinski definition) is 3. The highest BCUT2D eigenvalue weighted by molar-refractivity contribution is 6.00. The minimum Gasteiger partial charge on any atom is -0.507 e. The molecule has 0 heterocycles. The van der Waals surface area contributed by atoms with Crippen LogP contribution in [0.5, 0.6) is 5.75 Å². The van der Waals surface area contributed by atoms with Crippen molar-refractivity contribution in [2.24, 2.45) is 0 Å². The fourth-order valence-electron chi connectivity index (χ4n) is 2.53. The first kappa shape index (κ1) is 17.5. The molecule has 0 saturated heterocycles. The molecule has 6 nitrogen and oxygen atoms in total. The maximum atomic E-state index is 12.0. The number of benzene rings is 2. The molecule has 0 aromatic heterocycles. The van der Waals surface area contributed by atoms with Crippen LogP contribution in [-0.2, 0) is 4.74 Å². The van der Waals surface area contributed by atoms with E-state index < -0.39 is 17.8 Å². The zero-order valence-electron chi connectivity index (χ0n) is 13.4. The summed E-state index contributed by atoms with van der Waals surface area (Å²) in [5.74, 6) is -2.03. The number of aliphatic hydroxyl groups excluding tert-OH is 1. The molecule has 6 heteroatoms. The molecule has 0 radical (unpaired) electrons. The van der Waals surface area contributed by atoms with Crippen molar-refractivity contribution in [3.05, 3.63) is 64.7 Å². The molecule has 2 rings (SSSR count). The lowest BCUT2D eigenvalue weighted by molar-refractivity contribution is 0.0600. The molecule has 3 N–H and O–H groups in total. The molecule has 1 atom stereocenters. The first-order chi connectivity index (χ1) is 11.5. The second-order valence-electron chi connectivity index (χ2n) is 5.18. The number of ether oxygens (including phenoxy) is 1. The first-order valence-electron chi connectivity index (χ1n) is 7.36. The summed E-state index contributed by atoms with van der Waals surface area (Å²) in [6, 6.07) is 11.7. The Kier molecular flexibility index (Phi) is 5.55. The number of nitrogens with one attached hydrogen (secondary N) is 1. The number of amides is 1. The molecule has 0 spiro atoms. The molecule has 1 amide bonds. The fraction of sp³-hybridized carbons (Fsp3) is 0.222. The summed E-state index contributed by atoms with van der Waals surface area (Å²) < 4.78 is 4.70. The Morgan fingerprint density at radius 1 is 1.21 bits per heavy atom. The minimum absolute atomic E-state index is 0.0511. The van der Waals surface area contributed by atoms with Gasteiger partial charge in [-0.15, -0.1) is 0 Å². The number of aliphatic hydroxyl groups is 1. The number of rotatable bonds is 5. The van der Waals surface area contributed by atoms with E-state index in [1.54, 1.807) is 24.3 Å². The van der Waals surface area contributed by atoms with E-state index in [1.807, 2.05) is 6.07 Å². The van der Waals surface area contributed by atoms with Crippen molar-refractivity contribution in [2.45, 2.75) is 5.92 Å². The number of phenolic OH excluding ortho intramolecular Hbond substituents is 1. The predicted octanol–water partition coefficient (Wildman–Crippen LogP) is 1.66. The number of methoxy groups -OCH3 is 1. The smallest absolute Gasteiger partial charge is 0.337 e. The van der Waals surface area contributed by atoms with Crippen molar-refractivity contribution in [1.29, 1.82) is 0 Å². The van der Waals surface area contributed by atoms with Crippen LogP contribution < -0.4 is 5.32 Å². The molecule has 0 saturated carbocycles. The summed E-state index contributed by atoms with van der Waals surface area (Å²) >= 11 is 0. The fourth-order valence-corrected chi connectivity index (χ4v) is 2.53. The van der Waals surface area contributed by atoms with Crippen molar-refractivity contribution in [1.82, 2.24) is 5.32 Å². The van der Waals surface area contributed by atoms with E-state index in [4.69, 9.17) is 4.74 Å². The van der Waals surface area contributed by atoms with E-state index in [1.165, 1.54) is 26.3 Å². The number of aromatic hydroxyl groups is 1. The van der Waals surface area contributed by atoms with Crippen LogP contribution in [0.3, 0.4) is 0 Å². The van der Waals surface area contributed by atoms with E-state index in [2.05, 4.69) is 5.32 Å². The molecule has 2 aromatic rings. The van der Waals surface area contributed by atoms with Gasteiger partial charge in [0.1, 0.15) is 5.75 Å². The largest absolute Gasteiger partial charge is 0.507 e. The Bertz CT molecular complexity index is 743. The summed E-state index contributed by atoms with van der Waals surface area (Å²) in [5.41, 5.74) is 1.11. The summed E-state index contributed by atoms with van der Waals surface area (Å²) in [5, 5.41) is 22.7. The Balaban J connectivity index is 2.66. The lowest BCUT2D eigenvalue weighted by Crippen LogP contribution is -2.20. The maximum absolute atomic E-state index is 12.0. The van der Waals surface area contributed by atoms with Gasteiger partial charge in [0.15, 0.2) is 0 Å². The van der Waals surface area contributed by atoms with Gasteiger partial charge in [0.2, 0.25) is 0 Å². The molecular formula is C18H19NO5. The SMILES string of the molecule is CNC(=O)c1cc(C(=O)OC)cc([C@H](CO)c2ccccc2)c1O. The van der Waals surface area contributed by atoms with Crippen molar-refractivity contribution in [2.75, 3.05) is 20.8 Å². The van der Waals surface area contributed by atoms with Gasteiger partial charge in [-0.2, -0.15) is 0 Å². The third-order valence-corrected chi connectivity index (χ3v) is 3.79. The molecule has 0 bridgehead atoms. The van der Waals surface area contributed by atoms with E-state index in [9.17, 15) is 19.8 Å². The Labute approximate surface area is 139 Å². The minimum atomic E-state index is -0.633. The molecule has 126 valence electrons. The Morgan fingerprint density at radius 2 is 1.88 bits per heavy atom. The van der Waals surface area contributed by atoms with Crippen LogP contribution in [0, 0.1) is 0 Å². The Morgan fingerprint density at radius 3 is 2.42 bits per heavy atom. The molecular weight excluding hydrogens is 310 g/mol. The average Bonchev–Trinajstić information content (AvgIpc) is 2.63. The topological polar surface area (TPSA) is 95.9 Å².